The van der Waals surface area contributed by atoms with Gasteiger partial charge >= 0.3 is 0 Å². The molecule has 21 heavy (non-hydrogen) atoms. The van der Waals surface area contributed by atoms with Gasteiger partial charge in [-0.1, -0.05) is 78.7 Å². The first-order chi connectivity index (χ1) is 10.2. The summed E-state index contributed by atoms with van der Waals surface area (Å²) in [5, 5.41) is 3.84. The van der Waals surface area contributed by atoms with E-state index in [4.69, 9.17) is 0 Å². The zero-order valence-corrected chi connectivity index (χ0v) is 14.4. The van der Waals surface area contributed by atoms with E-state index >= 15 is 0 Å². The van der Waals surface area contributed by atoms with E-state index in [-0.39, 0.29) is 0 Å². The molecule has 1 N–H and O–H groups in total. The largest absolute Gasteiger partial charge is 0.303 e. The first kappa shape index (κ1) is 16.3. The number of halogens is 1. The molecule has 2 unspecified atom stereocenters. The van der Waals surface area contributed by atoms with E-state index in [2.05, 4.69) is 89.7 Å². The van der Waals surface area contributed by atoms with Crippen LogP contribution >= 0.6 is 15.9 Å². The summed E-state index contributed by atoms with van der Waals surface area (Å²) in [7, 11) is 0. The molecule has 0 amide bonds. The maximum absolute atomic E-state index is 3.84. The lowest BCUT2D eigenvalue weighted by Gasteiger charge is -2.26. The zero-order valence-electron chi connectivity index (χ0n) is 12.9. The highest BCUT2D eigenvalue weighted by Gasteiger charge is 2.16. The summed E-state index contributed by atoms with van der Waals surface area (Å²) < 4.78 is 1.13. The number of benzene rings is 2. The fourth-order valence-electron chi connectivity index (χ4n) is 2.71. The average Bonchev–Trinajstić information content (AvgIpc) is 2.53. The van der Waals surface area contributed by atoms with Gasteiger partial charge in [-0.2, -0.15) is 0 Å². The molecule has 2 aromatic rings. The highest BCUT2D eigenvalue weighted by atomic mass is 79.9. The lowest BCUT2D eigenvalue weighted by Crippen LogP contribution is -2.26. The topological polar surface area (TPSA) is 12.0 Å². The minimum absolute atomic E-state index is 0.398. The Morgan fingerprint density at radius 1 is 0.857 bits per heavy atom. The van der Waals surface area contributed by atoms with Crippen molar-refractivity contribution in [2.45, 2.75) is 45.2 Å². The van der Waals surface area contributed by atoms with Crippen LogP contribution in [-0.4, -0.2) is 0 Å². The summed E-state index contributed by atoms with van der Waals surface area (Å²) in [6.45, 7) is 4.49. The van der Waals surface area contributed by atoms with Crippen LogP contribution in [0.25, 0.3) is 0 Å². The number of hydrogen-bond donors (Lipinski definition) is 1. The highest BCUT2D eigenvalue weighted by molar-refractivity contribution is 9.10. The molecule has 2 atom stereocenters. The molecule has 0 aromatic heterocycles. The van der Waals surface area contributed by atoms with Gasteiger partial charge in [-0.05, 0) is 36.1 Å². The fraction of sp³-hybridized carbons (Fsp3) is 0.368. The third kappa shape index (κ3) is 4.69. The maximum Gasteiger partial charge on any atom is 0.0325 e. The predicted molar refractivity (Wildman–Crippen MR) is 94.4 cm³/mol. The Hall–Kier alpha value is -1.12. The minimum atomic E-state index is 0.398. The summed E-state index contributed by atoms with van der Waals surface area (Å²) in [4.78, 5) is 0. The Bertz CT molecular complexity index is 521. The molecular formula is C19H24BrN. The fourth-order valence-corrected chi connectivity index (χ4v) is 2.97. The highest BCUT2D eigenvalue weighted by Crippen LogP contribution is 2.26. The Labute approximate surface area is 136 Å². The first-order valence-electron chi connectivity index (χ1n) is 7.81. The van der Waals surface area contributed by atoms with E-state index in [0.29, 0.717) is 12.1 Å². The van der Waals surface area contributed by atoms with E-state index in [1.54, 1.807) is 0 Å². The first-order valence-corrected chi connectivity index (χ1v) is 8.60. The van der Waals surface area contributed by atoms with Crippen LogP contribution in [0.5, 0.6) is 0 Å². The number of nitrogens with one attached hydrogen (secondary N) is 1. The average molecular weight is 346 g/mol. The van der Waals surface area contributed by atoms with Crippen molar-refractivity contribution in [3.8, 4) is 0 Å². The summed E-state index contributed by atoms with van der Waals surface area (Å²) in [5.41, 5.74) is 2.74. The summed E-state index contributed by atoms with van der Waals surface area (Å²) in [6.07, 6.45) is 3.44. The Balaban J connectivity index is 2.15. The monoisotopic (exact) mass is 345 g/mol. The Morgan fingerprint density at radius 3 is 2.05 bits per heavy atom. The molecule has 1 nitrogen and oxygen atoms in total. The van der Waals surface area contributed by atoms with Crippen LogP contribution in [0, 0.1) is 0 Å². The molecule has 0 saturated carbocycles. The standard InChI is InChI=1S/C19H24BrN/c1-3-8-19(15-9-6-5-7-10-15)21-18(4-2)16-11-13-17(20)14-12-16/h5-7,9-14,18-19,21H,3-4,8H2,1-2H3. The van der Waals surface area contributed by atoms with Crippen LogP contribution in [0.15, 0.2) is 59.1 Å². The van der Waals surface area contributed by atoms with Crippen molar-refractivity contribution in [1.82, 2.24) is 5.32 Å². The van der Waals surface area contributed by atoms with Crippen LogP contribution in [0.4, 0.5) is 0 Å². The van der Waals surface area contributed by atoms with E-state index in [1.165, 1.54) is 17.5 Å². The molecule has 2 heteroatoms. The molecule has 112 valence electrons. The predicted octanol–water partition coefficient (Wildman–Crippen LogP) is 6.03. The Morgan fingerprint density at radius 2 is 1.48 bits per heavy atom. The van der Waals surface area contributed by atoms with Crippen LogP contribution in [0.3, 0.4) is 0 Å². The third-order valence-electron chi connectivity index (χ3n) is 3.86. The van der Waals surface area contributed by atoms with Gasteiger partial charge in [0.05, 0.1) is 0 Å². The van der Waals surface area contributed by atoms with Gasteiger partial charge in [-0.15, -0.1) is 0 Å². The second-order valence-corrected chi connectivity index (χ2v) is 6.35. The van der Waals surface area contributed by atoms with Crippen molar-refractivity contribution in [3.63, 3.8) is 0 Å². The molecule has 0 aliphatic rings. The van der Waals surface area contributed by atoms with Gasteiger partial charge in [-0.25, -0.2) is 0 Å². The SMILES string of the molecule is CCCC(NC(CC)c1ccc(Br)cc1)c1ccccc1. The zero-order chi connectivity index (χ0) is 15.1. The molecule has 0 spiro atoms. The van der Waals surface area contributed by atoms with Crippen LogP contribution in [0.1, 0.15) is 56.3 Å². The minimum Gasteiger partial charge on any atom is -0.303 e. The molecule has 0 radical (unpaired) electrons. The third-order valence-corrected chi connectivity index (χ3v) is 4.39. The van der Waals surface area contributed by atoms with E-state index in [0.717, 1.165) is 17.3 Å². The van der Waals surface area contributed by atoms with E-state index in [9.17, 15) is 0 Å². The van der Waals surface area contributed by atoms with Gasteiger partial charge in [0.2, 0.25) is 0 Å². The Kier molecular flexibility index (Phi) is 6.47. The molecule has 0 aliphatic carbocycles. The maximum atomic E-state index is 3.84. The molecule has 0 saturated heterocycles. The van der Waals surface area contributed by atoms with Gasteiger partial charge in [-0.3, -0.25) is 0 Å². The normalized spacial score (nSPS) is 13.9. The van der Waals surface area contributed by atoms with Gasteiger partial charge in [0.1, 0.15) is 0 Å². The lowest BCUT2D eigenvalue weighted by atomic mass is 9.98. The number of hydrogen-bond acceptors (Lipinski definition) is 1. The molecule has 2 aromatic carbocycles. The number of rotatable bonds is 7. The second kappa shape index (κ2) is 8.35. The van der Waals surface area contributed by atoms with Crippen molar-refractivity contribution in [3.05, 3.63) is 70.2 Å². The van der Waals surface area contributed by atoms with Crippen LogP contribution in [-0.2, 0) is 0 Å². The van der Waals surface area contributed by atoms with Gasteiger partial charge in [0.15, 0.2) is 0 Å². The quantitative estimate of drug-likeness (QED) is 0.645. The molecule has 0 aliphatic heterocycles. The van der Waals surface area contributed by atoms with Crippen molar-refractivity contribution >= 4 is 15.9 Å². The van der Waals surface area contributed by atoms with E-state index < -0.39 is 0 Å². The molecule has 0 fully saturated rings. The smallest absolute Gasteiger partial charge is 0.0325 e. The molecule has 0 heterocycles. The van der Waals surface area contributed by atoms with Crippen molar-refractivity contribution < 1.29 is 0 Å². The van der Waals surface area contributed by atoms with Crippen LogP contribution < -0.4 is 5.32 Å². The van der Waals surface area contributed by atoms with Gasteiger partial charge in [0.25, 0.3) is 0 Å². The summed E-state index contributed by atoms with van der Waals surface area (Å²) >= 11 is 3.51. The van der Waals surface area contributed by atoms with Crippen molar-refractivity contribution in [2.75, 3.05) is 0 Å². The molecular weight excluding hydrogens is 322 g/mol. The van der Waals surface area contributed by atoms with Crippen molar-refractivity contribution in [1.29, 1.82) is 0 Å². The molecule has 2 rings (SSSR count). The van der Waals surface area contributed by atoms with Crippen LogP contribution in [0.2, 0.25) is 0 Å². The summed E-state index contributed by atoms with van der Waals surface area (Å²) in [6, 6.07) is 20.3. The van der Waals surface area contributed by atoms with Gasteiger partial charge in [0, 0.05) is 16.6 Å². The summed E-state index contributed by atoms with van der Waals surface area (Å²) in [5.74, 6) is 0. The van der Waals surface area contributed by atoms with E-state index in [1.807, 2.05) is 0 Å². The van der Waals surface area contributed by atoms with Gasteiger partial charge < -0.3 is 5.32 Å². The van der Waals surface area contributed by atoms with Crippen molar-refractivity contribution in [2.24, 2.45) is 0 Å². The second-order valence-electron chi connectivity index (χ2n) is 5.43. The molecule has 0 bridgehead atoms. The lowest BCUT2D eigenvalue weighted by molar-refractivity contribution is 0.413.